The molecule has 1 saturated heterocycles. The molecular weight excluding hydrogens is 351 g/mol. The third-order valence-corrected chi connectivity index (χ3v) is 5.91. The van der Waals surface area contributed by atoms with Gasteiger partial charge in [0.05, 0.1) is 6.10 Å². The van der Waals surface area contributed by atoms with Crippen molar-refractivity contribution in [2.75, 3.05) is 25.9 Å². The maximum absolute atomic E-state index is 13.9. The second-order valence-electron chi connectivity index (χ2n) is 4.67. The molecule has 20 heavy (non-hydrogen) atoms. The van der Waals surface area contributed by atoms with Crippen molar-refractivity contribution in [3.63, 3.8) is 0 Å². The van der Waals surface area contributed by atoms with Crippen molar-refractivity contribution < 1.29 is 17.5 Å². The normalized spacial score (nSPS) is 21.1. The fourth-order valence-corrected chi connectivity index (χ4v) is 4.10. The van der Waals surface area contributed by atoms with Gasteiger partial charge in [0, 0.05) is 30.4 Å². The molecule has 1 fully saturated rings. The zero-order valence-electron chi connectivity index (χ0n) is 11.0. The van der Waals surface area contributed by atoms with E-state index in [1.807, 2.05) is 0 Å². The van der Waals surface area contributed by atoms with Gasteiger partial charge in [-0.05, 0) is 40.9 Å². The standard InChI is InChI=1S/C12H16BrFN2O3S/c1-19-8-3-2-4-16(7-8)20(17,18)12-6-11(15)9(13)5-10(12)14/h5-6,8H,2-4,7,15H2,1H3. The molecule has 8 heteroatoms. The number of rotatable bonds is 3. The molecule has 2 rings (SSSR count). The van der Waals surface area contributed by atoms with Crippen molar-refractivity contribution in [2.45, 2.75) is 23.8 Å². The Kier molecular flexibility index (Phi) is 4.68. The zero-order chi connectivity index (χ0) is 14.9. The first-order valence-corrected chi connectivity index (χ1v) is 8.37. The summed E-state index contributed by atoms with van der Waals surface area (Å²) in [7, 11) is -2.36. The summed E-state index contributed by atoms with van der Waals surface area (Å²) < 4.78 is 45.7. The minimum Gasteiger partial charge on any atom is -0.398 e. The second kappa shape index (κ2) is 5.97. The maximum atomic E-state index is 13.9. The monoisotopic (exact) mass is 366 g/mol. The minimum absolute atomic E-state index is 0.158. The lowest BCUT2D eigenvalue weighted by atomic mass is 10.1. The molecule has 0 saturated carbocycles. The van der Waals surface area contributed by atoms with Gasteiger partial charge in [-0.1, -0.05) is 0 Å². The summed E-state index contributed by atoms with van der Waals surface area (Å²) >= 11 is 3.07. The molecule has 2 N–H and O–H groups in total. The van der Waals surface area contributed by atoms with E-state index in [1.165, 1.54) is 4.31 Å². The number of anilines is 1. The average molecular weight is 367 g/mol. The Balaban J connectivity index is 2.37. The Morgan fingerprint density at radius 1 is 1.50 bits per heavy atom. The van der Waals surface area contributed by atoms with Gasteiger partial charge in [0.15, 0.2) is 0 Å². The van der Waals surface area contributed by atoms with E-state index in [1.54, 1.807) is 7.11 Å². The van der Waals surface area contributed by atoms with Gasteiger partial charge in [0.2, 0.25) is 10.0 Å². The first kappa shape index (κ1) is 15.7. The highest BCUT2D eigenvalue weighted by Crippen LogP contribution is 2.29. The first-order chi connectivity index (χ1) is 9.36. The van der Waals surface area contributed by atoms with Crippen LogP contribution < -0.4 is 5.73 Å². The Morgan fingerprint density at radius 3 is 2.85 bits per heavy atom. The lowest BCUT2D eigenvalue weighted by molar-refractivity contribution is 0.0571. The summed E-state index contributed by atoms with van der Waals surface area (Å²) in [6.45, 7) is 0.589. The van der Waals surface area contributed by atoms with Crippen LogP contribution in [0.5, 0.6) is 0 Å². The van der Waals surface area contributed by atoms with E-state index in [-0.39, 0.29) is 18.3 Å². The van der Waals surface area contributed by atoms with Crippen molar-refractivity contribution in [1.82, 2.24) is 4.31 Å². The summed E-state index contributed by atoms with van der Waals surface area (Å²) in [5, 5.41) is 0. The molecule has 0 radical (unpaired) electrons. The number of halogens is 2. The van der Waals surface area contributed by atoms with E-state index in [0.717, 1.165) is 18.6 Å². The molecule has 1 aromatic carbocycles. The highest BCUT2D eigenvalue weighted by atomic mass is 79.9. The molecule has 1 aromatic rings. The van der Waals surface area contributed by atoms with Gasteiger partial charge in [-0.15, -0.1) is 0 Å². The summed E-state index contributed by atoms with van der Waals surface area (Å²) in [5.41, 5.74) is 5.83. The molecule has 0 spiro atoms. The number of ether oxygens (including phenoxy) is 1. The summed E-state index contributed by atoms with van der Waals surface area (Å²) in [4.78, 5) is -0.394. The number of hydrogen-bond acceptors (Lipinski definition) is 4. The van der Waals surface area contributed by atoms with Gasteiger partial charge in [0.25, 0.3) is 0 Å². The molecule has 0 bridgehead atoms. The molecule has 1 aliphatic rings. The van der Waals surface area contributed by atoms with Gasteiger partial charge in [0.1, 0.15) is 10.7 Å². The minimum atomic E-state index is -3.90. The summed E-state index contributed by atoms with van der Waals surface area (Å²) in [6.07, 6.45) is 1.33. The van der Waals surface area contributed by atoms with Crippen molar-refractivity contribution in [2.24, 2.45) is 0 Å². The molecule has 112 valence electrons. The fourth-order valence-electron chi connectivity index (χ4n) is 2.20. The molecule has 1 aliphatic heterocycles. The van der Waals surface area contributed by atoms with E-state index in [4.69, 9.17) is 10.5 Å². The summed E-state index contributed by atoms with van der Waals surface area (Å²) in [5.74, 6) is -0.814. The van der Waals surface area contributed by atoms with Crippen molar-refractivity contribution >= 4 is 31.6 Å². The molecule has 0 amide bonds. The van der Waals surface area contributed by atoms with Gasteiger partial charge in [-0.3, -0.25) is 0 Å². The quantitative estimate of drug-likeness (QED) is 0.830. The Labute approximate surface area is 126 Å². The number of methoxy groups -OCH3 is 1. The third-order valence-electron chi connectivity index (χ3n) is 3.34. The van der Waals surface area contributed by atoms with E-state index >= 15 is 0 Å². The Morgan fingerprint density at radius 2 is 2.20 bits per heavy atom. The molecule has 1 heterocycles. The van der Waals surface area contributed by atoms with Gasteiger partial charge in [-0.2, -0.15) is 4.31 Å². The van der Waals surface area contributed by atoms with Crippen LogP contribution in [0.2, 0.25) is 0 Å². The highest BCUT2D eigenvalue weighted by Gasteiger charge is 2.32. The van der Waals surface area contributed by atoms with E-state index in [2.05, 4.69) is 15.9 Å². The highest BCUT2D eigenvalue weighted by molar-refractivity contribution is 9.10. The number of nitrogens with zero attached hydrogens (tertiary/aromatic N) is 1. The van der Waals surface area contributed by atoms with Gasteiger partial charge < -0.3 is 10.5 Å². The second-order valence-corrected chi connectivity index (χ2v) is 7.43. The third kappa shape index (κ3) is 2.98. The topological polar surface area (TPSA) is 72.6 Å². The number of nitrogens with two attached hydrogens (primary N) is 1. The van der Waals surface area contributed by atoms with Crippen molar-refractivity contribution in [3.05, 3.63) is 22.4 Å². The molecular formula is C12H16BrFN2O3S. The van der Waals surface area contributed by atoms with Crippen LogP contribution >= 0.6 is 15.9 Å². The first-order valence-electron chi connectivity index (χ1n) is 6.13. The lowest BCUT2D eigenvalue weighted by Gasteiger charge is -2.31. The molecule has 0 aromatic heterocycles. The van der Waals surface area contributed by atoms with E-state index in [0.29, 0.717) is 17.4 Å². The van der Waals surface area contributed by atoms with Crippen LogP contribution in [0.4, 0.5) is 10.1 Å². The van der Waals surface area contributed by atoms with Crippen molar-refractivity contribution in [1.29, 1.82) is 0 Å². The van der Waals surface area contributed by atoms with Crippen LogP contribution in [0.15, 0.2) is 21.5 Å². The zero-order valence-corrected chi connectivity index (χ0v) is 13.4. The largest absolute Gasteiger partial charge is 0.398 e. The van der Waals surface area contributed by atoms with Gasteiger partial charge >= 0.3 is 0 Å². The molecule has 0 aliphatic carbocycles. The summed E-state index contributed by atoms with van der Waals surface area (Å²) in [6, 6.07) is 2.21. The Bertz CT molecular complexity index is 609. The van der Waals surface area contributed by atoms with Crippen molar-refractivity contribution in [3.8, 4) is 0 Å². The van der Waals surface area contributed by atoms with Crippen LogP contribution in [-0.4, -0.2) is 39.0 Å². The SMILES string of the molecule is COC1CCCN(S(=O)(=O)c2cc(N)c(Br)cc2F)C1. The Hall–Kier alpha value is -0.700. The van der Waals surface area contributed by atoms with Gasteiger partial charge in [-0.25, -0.2) is 12.8 Å². The lowest BCUT2D eigenvalue weighted by Crippen LogP contribution is -2.43. The molecule has 1 unspecified atom stereocenters. The molecule has 1 atom stereocenters. The predicted octanol–water partition coefficient (Wildman–Crippen LogP) is 1.97. The maximum Gasteiger partial charge on any atom is 0.246 e. The van der Waals surface area contributed by atoms with Crippen LogP contribution in [0, 0.1) is 5.82 Å². The molecule has 5 nitrogen and oxygen atoms in total. The number of benzene rings is 1. The van der Waals surface area contributed by atoms with E-state index < -0.39 is 20.7 Å². The average Bonchev–Trinajstić information content (AvgIpc) is 2.42. The number of piperidine rings is 1. The number of sulfonamides is 1. The number of hydrogen-bond donors (Lipinski definition) is 1. The fraction of sp³-hybridized carbons (Fsp3) is 0.500. The number of nitrogen functional groups attached to an aromatic ring is 1. The van der Waals surface area contributed by atoms with Crippen LogP contribution in [-0.2, 0) is 14.8 Å². The predicted molar refractivity (Wildman–Crippen MR) is 77.3 cm³/mol. The van der Waals surface area contributed by atoms with Crippen LogP contribution in [0.1, 0.15) is 12.8 Å². The van der Waals surface area contributed by atoms with E-state index in [9.17, 15) is 12.8 Å². The van der Waals surface area contributed by atoms with Crippen LogP contribution in [0.25, 0.3) is 0 Å². The smallest absolute Gasteiger partial charge is 0.246 e. The van der Waals surface area contributed by atoms with Crippen LogP contribution in [0.3, 0.4) is 0 Å².